The molecule has 0 aromatic heterocycles. The zero-order chi connectivity index (χ0) is 23.0. The molecule has 0 bridgehead atoms. The number of Topliss-reactive ketones (excluding diaryl/α,β-unsaturated/α-hetero) is 1. The number of benzene rings is 3. The van der Waals surface area contributed by atoms with Gasteiger partial charge in [0, 0.05) is 12.1 Å². The molecule has 3 atom stereocenters. The van der Waals surface area contributed by atoms with E-state index >= 15 is 0 Å². The van der Waals surface area contributed by atoms with Crippen molar-refractivity contribution in [1.29, 1.82) is 0 Å². The lowest BCUT2D eigenvalue weighted by atomic mass is 9.72. The minimum Gasteiger partial charge on any atom is -0.406 e. The first kappa shape index (κ1) is 21.2. The number of nitrogens with zero attached hydrogens (tertiary/aromatic N) is 1. The Morgan fingerprint density at radius 2 is 1.55 bits per heavy atom. The van der Waals surface area contributed by atoms with Gasteiger partial charge in [-0.15, -0.1) is 13.2 Å². The second-order valence-corrected chi connectivity index (χ2v) is 8.32. The number of fused-ring (bicyclic) bond motifs is 2. The summed E-state index contributed by atoms with van der Waals surface area (Å²) in [6.07, 6.45) is -3.73. The Labute approximate surface area is 189 Å². The molecule has 33 heavy (non-hydrogen) atoms. The Balaban J connectivity index is 1.52. The van der Waals surface area contributed by atoms with Crippen molar-refractivity contribution in [1.82, 2.24) is 0 Å². The molecular weight excluding hydrogens is 429 g/mol. The number of ketones is 1. The average molecular weight is 450 g/mol. The minimum absolute atomic E-state index is 0.0437. The zero-order valence-corrected chi connectivity index (χ0v) is 17.5. The Hall–Kier alpha value is -3.61. The lowest BCUT2D eigenvalue weighted by molar-refractivity contribution is -0.274. The third kappa shape index (κ3) is 4.49. The van der Waals surface area contributed by atoms with Crippen molar-refractivity contribution in [2.75, 3.05) is 5.32 Å². The molecule has 1 N–H and O–H groups in total. The largest absolute Gasteiger partial charge is 0.573 e. The maximum Gasteiger partial charge on any atom is 0.573 e. The molecule has 0 saturated heterocycles. The van der Waals surface area contributed by atoms with Gasteiger partial charge in [0.05, 0.1) is 23.3 Å². The third-order valence-electron chi connectivity index (χ3n) is 6.17. The van der Waals surface area contributed by atoms with Crippen LogP contribution in [-0.4, -0.2) is 17.9 Å². The molecule has 7 heteroatoms. The number of hydrogen-bond donors (Lipinski definition) is 1. The van der Waals surface area contributed by atoms with Gasteiger partial charge in [-0.25, -0.2) is 0 Å². The average Bonchev–Trinajstić information content (AvgIpc) is 2.96. The number of ether oxygens (including phenoxy) is 1. The fourth-order valence-electron chi connectivity index (χ4n) is 4.71. The Morgan fingerprint density at radius 3 is 2.27 bits per heavy atom. The maximum absolute atomic E-state index is 13.5. The molecular formula is C26H21F3N2O2. The smallest absolute Gasteiger partial charge is 0.406 e. The van der Waals surface area contributed by atoms with Crippen LogP contribution in [0.1, 0.15) is 35.9 Å². The monoisotopic (exact) mass is 450 g/mol. The molecule has 1 aliphatic heterocycles. The Kier molecular flexibility index (Phi) is 5.40. The SMILES string of the molecule is O=C1CC(c2ccccc2)CC2=Nc3ccccc3NC(c3ccc(OC(F)(F)F)cc3)C12. The summed E-state index contributed by atoms with van der Waals surface area (Å²) in [6, 6.07) is 22.7. The second-order valence-electron chi connectivity index (χ2n) is 8.32. The molecule has 1 saturated carbocycles. The van der Waals surface area contributed by atoms with Crippen LogP contribution < -0.4 is 10.1 Å². The summed E-state index contributed by atoms with van der Waals surface area (Å²) in [6.45, 7) is 0. The van der Waals surface area contributed by atoms with E-state index in [1.54, 1.807) is 12.1 Å². The standard InChI is InChI=1S/C26H21F3N2O2/c27-26(28,29)33-19-12-10-17(11-13-19)25-24-22(30-20-8-4-5-9-21(20)31-25)14-18(15-23(24)32)16-6-2-1-3-7-16/h1-13,18,24-25,31H,14-15H2. The van der Waals surface area contributed by atoms with Crippen molar-refractivity contribution >= 4 is 22.9 Å². The second kappa shape index (κ2) is 8.39. The fraction of sp³-hybridized carbons (Fsp3) is 0.231. The maximum atomic E-state index is 13.5. The topological polar surface area (TPSA) is 50.7 Å². The Morgan fingerprint density at radius 1 is 0.848 bits per heavy atom. The van der Waals surface area contributed by atoms with Crippen molar-refractivity contribution in [3.8, 4) is 5.75 Å². The molecule has 5 rings (SSSR count). The number of para-hydroxylation sites is 2. The Bertz CT molecular complexity index is 1190. The predicted molar refractivity (Wildman–Crippen MR) is 120 cm³/mol. The van der Waals surface area contributed by atoms with Gasteiger partial charge in [-0.1, -0.05) is 54.6 Å². The summed E-state index contributed by atoms with van der Waals surface area (Å²) in [5.41, 5.74) is 4.12. The molecule has 3 aromatic rings. The van der Waals surface area contributed by atoms with Crippen LogP contribution in [0.2, 0.25) is 0 Å². The van der Waals surface area contributed by atoms with Gasteiger partial charge in [0.2, 0.25) is 0 Å². The summed E-state index contributed by atoms with van der Waals surface area (Å²) >= 11 is 0. The van der Waals surface area contributed by atoms with E-state index in [0.717, 1.165) is 22.6 Å². The van der Waals surface area contributed by atoms with Crippen molar-refractivity contribution in [3.05, 3.63) is 90.0 Å². The van der Waals surface area contributed by atoms with Gasteiger partial charge in [-0.2, -0.15) is 0 Å². The molecule has 3 unspecified atom stereocenters. The zero-order valence-electron chi connectivity index (χ0n) is 17.5. The number of aliphatic imine (C=N–C) groups is 1. The minimum atomic E-state index is -4.76. The highest BCUT2D eigenvalue weighted by atomic mass is 19.4. The predicted octanol–water partition coefficient (Wildman–Crippen LogP) is 6.59. The van der Waals surface area contributed by atoms with Crippen LogP contribution in [0.15, 0.2) is 83.9 Å². The summed E-state index contributed by atoms with van der Waals surface area (Å²) in [5, 5.41) is 3.43. The number of hydrogen-bond acceptors (Lipinski definition) is 4. The van der Waals surface area contributed by atoms with E-state index in [2.05, 4.69) is 10.1 Å². The van der Waals surface area contributed by atoms with Gasteiger partial charge < -0.3 is 10.1 Å². The molecule has 1 heterocycles. The third-order valence-corrected chi connectivity index (χ3v) is 6.17. The van der Waals surface area contributed by atoms with E-state index in [1.807, 2.05) is 54.6 Å². The quantitative estimate of drug-likeness (QED) is 0.490. The number of carbonyl (C=O) groups excluding carboxylic acids is 1. The molecule has 4 nitrogen and oxygen atoms in total. The van der Waals surface area contributed by atoms with E-state index in [0.29, 0.717) is 18.4 Å². The van der Waals surface area contributed by atoms with Crippen LogP contribution in [0.3, 0.4) is 0 Å². The van der Waals surface area contributed by atoms with Crippen LogP contribution >= 0.6 is 0 Å². The van der Waals surface area contributed by atoms with Crippen LogP contribution in [0.4, 0.5) is 24.5 Å². The van der Waals surface area contributed by atoms with Gasteiger partial charge in [0.15, 0.2) is 0 Å². The number of anilines is 1. The van der Waals surface area contributed by atoms with Crippen molar-refractivity contribution < 1.29 is 22.7 Å². The summed E-state index contributed by atoms with van der Waals surface area (Å²) in [5.74, 6) is -0.697. The summed E-state index contributed by atoms with van der Waals surface area (Å²) in [4.78, 5) is 18.3. The van der Waals surface area contributed by atoms with Crippen LogP contribution in [-0.2, 0) is 4.79 Å². The van der Waals surface area contributed by atoms with E-state index in [-0.39, 0.29) is 17.5 Å². The van der Waals surface area contributed by atoms with Gasteiger partial charge >= 0.3 is 6.36 Å². The van der Waals surface area contributed by atoms with E-state index in [9.17, 15) is 18.0 Å². The van der Waals surface area contributed by atoms with Gasteiger partial charge in [-0.05, 0) is 47.7 Å². The first-order valence-corrected chi connectivity index (χ1v) is 10.7. The molecule has 168 valence electrons. The highest BCUT2D eigenvalue weighted by Gasteiger charge is 2.41. The number of carbonyl (C=O) groups is 1. The van der Waals surface area contributed by atoms with Crippen LogP contribution in [0.5, 0.6) is 5.75 Å². The van der Waals surface area contributed by atoms with Crippen LogP contribution in [0.25, 0.3) is 0 Å². The van der Waals surface area contributed by atoms with Gasteiger partial charge in [0.1, 0.15) is 11.5 Å². The first-order chi connectivity index (χ1) is 15.9. The number of alkyl halides is 3. The van der Waals surface area contributed by atoms with E-state index < -0.39 is 18.3 Å². The molecule has 3 aromatic carbocycles. The summed E-state index contributed by atoms with van der Waals surface area (Å²) in [7, 11) is 0. The highest BCUT2D eigenvalue weighted by molar-refractivity contribution is 6.10. The molecule has 1 fully saturated rings. The van der Waals surface area contributed by atoms with Gasteiger partial charge in [0.25, 0.3) is 0 Å². The molecule has 0 radical (unpaired) electrons. The van der Waals surface area contributed by atoms with Gasteiger partial charge in [-0.3, -0.25) is 9.79 Å². The fourth-order valence-corrected chi connectivity index (χ4v) is 4.71. The molecule has 1 aliphatic carbocycles. The highest BCUT2D eigenvalue weighted by Crippen LogP contribution is 2.44. The number of nitrogens with one attached hydrogen (secondary N) is 1. The summed E-state index contributed by atoms with van der Waals surface area (Å²) < 4.78 is 41.7. The van der Waals surface area contributed by atoms with Crippen molar-refractivity contribution in [2.24, 2.45) is 10.9 Å². The lowest BCUT2D eigenvalue weighted by Gasteiger charge is -2.34. The number of halogens is 3. The van der Waals surface area contributed by atoms with E-state index in [4.69, 9.17) is 4.99 Å². The lowest BCUT2D eigenvalue weighted by Crippen LogP contribution is -2.38. The van der Waals surface area contributed by atoms with Crippen LogP contribution in [0, 0.1) is 5.92 Å². The molecule has 0 spiro atoms. The normalized spacial score (nSPS) is 22.3. The number of rotatable bonds is 3. The van der Waals surface area contributed by atoms with Crippen molar-refractivity contribution in [3.63, 3.8) is 0 Å². The van der Waals surface area contributed by atoms with Crippen molar-refractivity contribution in [2.45, 2.75) is 31.2 Å². The van der Waals surface area contributed by atoms with E-state index in [1.165, 1.54) is 12.1 Å². The molecule has 0 amide bonds. The first-order valence-electron chi connectivity index (χ1n) is 10.7. The molecule has 2 aliphatic rings.